The van der Waals surface area contributed by atoms with Crippen molar-refractivity contribution in [2.24, 2.45) is 5.41 Å². The fourth-order valence-electron chi connectivity index (χ4n) is 1.17. The van der Waals surface area contributed by atoms with Gasteiger partial charge in [-0.25, -0.2) is 4.39 Å². The lowest BCUT2D eigenvalue weighted by Crippen LogP contribution is -2.14. The zero-order valence-electron chi connectivity index (χ0n) is 9.05. The van der Waals surface area contributed by atoms with Crippen molar-refractivity contribution in [3.05, 3.63) is 30.1 Å². The predicted octanol–water partition coefficient (Wildman–Crippen LogP) is 3.18. The van der Waals surface area contributed by atoms with Crippen LogP contribution in [-0.4, -0.2) is 6.54 Å². The molecule has 0 heterocycles. The van der Waals surface area contributed by atoms with E-state index < -0.39 is 0 Å². The van der Waals surface area contributed by atoms with E-state index in [1.165, 1.54) is 12.1 Å². The standard InChI is InChI=1S/C12H15FN2/c1-12(2,9-14)6-7-15-11-5-3-4-10(13)8-11/h3-5,8,15H,6-7H2,1-2H3. The van der Waals surface area contributed by atoms with Crippen molar-refractivity contribution < 1.29 is 4.39 Å². The summed E-state index contributed by atoms with van der Waals surface area (Å²) in [5, 5.41) is 11.9. The van der Waals surface area contributed by atoms with Crippen molar-refractivity contribution in [2.45, 2.75) is 20.3 Å². The van der Waals surface area contributed by atoms with Crippen molar-refractivity contribution in [1.82, 2.24) is 0 Å². The molecule has 15 heavy (non-hydrogen) atoms. The van der Waals surface area contributed by atoms with Gasteiger partial charge in [-0.15, -0.1) is 0 Å². The Bertz CT molecular complexity index is 366. The maximum absolute atomic E-state index is 12.8. The second-order valence-electron chi connectivity index (χ2n) is 4.18. The van der Waals surface area contributed by atoms with Gasteiger partial charge in [0, 0.05) is 12.2 Å². The Hall–Kier alpha value is -1.56. The minimum Gasteiger partial charge on any atom is -0.385 e. The number of nitrogens with zero attached hydrogens (tertiary/aromatic N) is 1. The molecule has 80 valence electrons. The Kier molecular flexibility index (Phi) is 3.68. The molecule has 1 N–H and O–H groups in total. The lowest BCUT2D eigenvalue weighted by Gasteiger charge is -2.15. The smallest absolute Gasteiger partial charge is 0.125 e. The molecule has 2 nitrogen and oxygen atoms in total. The molecule has 0 unspecified atom stereocenters. The number of anilines is 1. The zero-order valence-corrected chi connectivity index (χ0v) is 9.05. The van der Waals surface area contributed by atoms with E-state index in [4.69, 9.17) is 5.26 Å². The number of halogens is 1. The minimum absolute atomic E-state index is 0.250. The molecule has 0 fully saturated rings. The first kappa shape index (κ1) is 11.5. The third-order valence-corrected chi connectivity index (χ3v) is 2.21. The third-order valence-electron chi connectivity index (χ3n) is 2.21. The molecule has 3 heteroatoms. The van der Waals surface area contributed by atoms with Crippen molar-refractivity contribution in [1.29, 1.82) is 5.26 Å². The van der Waals surface area contributed by atoms with Crippen molar-refractivity contribution in [3.63, 3.8) is 0 Å². The summed E-state index contributed by atoms with van der Waals surface area (Å²) in [6.07, 6.45) is 0.736. The molecule has 1 rings (SSSR count). The van der Waals surface area contributed by atoms with E-state index in [1.807, 2.05) is 19.9 Å². The van der Waals surface area contributed by atoms with Gasteiger partial charge in [0.25, 0.3) is 0 Å². The molecule has 0 aliphatic carbocycles. The van der Waals surface area contributed by atoms with E-state index in [2.05, 4.69) is 11.4 Å². The van der Waals surface area contributed by atoms with Crippen LogP contribution in [0, 0.1) is 22.6 Å². The van der Waals surface area contributed by atoms with E-state index in [0.29, 0.717) is 6.54 Å². The number of benzene rings is 1. The van der Waals surface area contributed by atoms with Crippen LogP contribution in [0.2, 0.25) is 0 Å². The van der Waals surface area contributed by atoms with E-state index >= 15 is 0 Å². The Morgan fingerprint density at radius 3 is 2.80 bits per heavy atom. The summed E-state index contributed by atoms with van der Waals surface area (Å²) in [7, 11) is 0. The third kappa shape index (κ3) is 3.99. The molecule has 0 amide bonds. The van der Waals surface area contributed by atoms with Gasteiger partial charge >= 0.3 is 0 Å². The zero-order chi connectivity index (χ0) is 11.3. The summed E-state index contributed by atoms with van der Waals surface area (Å²) in [5.41, 5.74) is 0.420. The molecule has 1 aromatic carbocycles. The summed E-state index contributed by atoms with van der Waals surface area (Å²) in [5.74, 6) is -0.250. The second-order valence-corrected chi connectivity index (χ2v) is 4.18. The highest BCUT2D eigenvalue weighted by molar-refractivity contribution is 5.42. The van der Waals surface area contributed by atoms with E-state index in [9.17, 15) is 4.39 Å². The minimum atomic E-state index is -0.333. The van der Waals surface area contributed by atoms with Crippen LogP contribution in [0.15, 0.2) is 24.3 Å². The molecular weight excluding hydrogens is 191 g/mol. The van der Waals surface area contributed by atoms with Crippen LogP contribution in [0.3, 0.4) is 0 Å². The van der Waals surface area contributed by atoms with Crippen LogP contribution >= 0.6 is 0 Å². The van der Waals surface area contributed by atoms with Crippen LogP contribution in [0.1, 0.15) is 20.3 Å². The summed E-state index contributed by atoms with van der Waals surface area (Å²) < 4.78 is 12.8. The summed E-state index contributed by atoms with van der Waals surface area (Å²) in [6.45, 7) is 4.45. The summed E-state index contributed by atoms with van der Waals surface area (Å²) in [4.78, 5) is 0. The molecule has 0 radical (unpaired) electrons. The van der Waals surface area contributed by atoms with Gasteiger partial charge < -0.3 is 5.32 Å². The highest BCUT2D eigenvalue weighted by Gasteiger charge is 2.15. The topological polar surface area (TPSA) is 35.8 Å². The average Bonchev–Trinajstić information content (AvgIpc) is 2.18. The molecular formula is C12H15FN2. The first-order chi connectivity index (χ1) is 7.03. The van der Waals surface area contributed by atoms with Gasteiger partial charge in [0.15, 0.2) is 0 Å². The summed E-state index contributed by atoms with van der Waals surface area (Å²) >= 11 is 0. The Balaban J connectivity index is 2.42. The van der Waals surface area contributed by atoms with Gasteiger partial charge in [0.2, 0.25) is 0 Å². The molecule has 0 bridgehead atoms. The molecule has 0 saturated heterocycles. The Morgan fingerprint density at radius 2 is 2.20 bits per heavy atom. The molecule has 0 aliphatic heterocycles. The highest BCUT2D eigenvalue weighted by Crippen LogP contribution is 2.18. The van der Waals surface area contributed by atoms with Crippen LogP contribution in [0.25, 0.3) is 0 Å². The highest BCUT2D eigenvalue weighted by atomic mass is 19.1. The van der Waals surface area contributed by atoms with E-state index in [-0.39, 0.29) is 11.2 Å². The van der Waals surface area contributed by atoms with Gasteiger partial charge in [-0.1, -0.05) is 6.07 Å². The van der Waals surface area contributed by atoms with E-state index in [1.54, 1.807) is 6.07 Å². The average molecular weight is 206 g/mol. The van der Waals surface area contributed by atoms with Gasteiger partial charge in [0.1, 0.15) is 5.82 Å². The lowest BCUT2D eigenvalue weighted by atomic mass is 9.91. The molecule has 0 spiro atoms. The fourth-order valence-corrected chi connectivity index (χ4v) is 1.17. The lowest BCUT2D eigenvalue weighted by molar-refractivity contribution is 0.466. The maximum atomic E-state index is 12.8. The normalized spacial score (nSPS) is 10.8. The quantitative estimate of drug-likeness (QED) is 0.821. The van der Waals surface area contributed by atoms with Gasteiger partial charge in [-0.2, -0.15) is 5.26 Å². The maximum Gasteiger partial charge on any atom is 0.125 e. The van der Waals surface area contributed by atoms with Crippen molar-refractivity contribution in [2.75, 3.05) is 11.9 Å². The fraction of sp³-hybridized carbons (Fsp3) is 0.417. The monoisotopic (exact) mass is 206 g/mol. The van der Waals surface area contributed by atoms with Crippen LogP contribution in [-0.2, 0) is 0 Å². The summed E-state index contributed by atoms with van der Waals surface area (Å²) in [6, 6.07) is 8.54. The van der Waals surface area contributed by atoms with Crippen LogP contribution in [0.4, 0.5) is 10.1 Å². The molecule has 0 saturated carbocycles. The van der Waals surface area contributed by atoms with Gasteiger partial charge in [-0.05, 0) is 38.5 Å². The van der Waals surface area contributed by atoms with E-state index in [0.717, 1.165) is 12.1 Å². The number of hydrogen-bond acceptors (Lipinski definition) is 2. The second kappa shape index (κ2) is 4.79. The van der Waals surface area contributed by atoms with Crippen molar-refractivity contribution in [3.8, 4) is 6.07 Å². The van der Waals surface area contributed by atoms with Gasteiger partial charge in [-0.3, -0.25) is 0 Å². The van der Waals surface area contributed by atoms with Crippen LogP contribution < -0.4 is 5.32 Å². The number of nitrogens with one attached hydrogen (secondary N) is 1. The number of rotatable bonds is 4. The Morgan fingerprint density at radius 1 is 1.47 bits per heavy atom. The first-order valence-electron chi connectivity index (χ1n) is 4.94. The van der Waals surface area contributed by atoms with Crippen molar-refractivity contribution >= 4 is 5.69 Å². The first-order valence-corrected chi connectivity index (χ1v) is 4.94. The Labute approximate surface area is 89.7 Å². The van der Waals surface area contributed by atoms with Crippen LogP contribution in [0.5, 0.6) is 0 Å². The van der Waals surface area contributed by atoms with Gasteiger partial charge in [0.05, 0.1) is 11.5 Å². The predicted molar refractivity (Wildman–Crippen MR) is 58.9 cm³/mol. The molecule has 1 aromatic rings. The number of nitriles is 1. The molecule has 0 aromatic heterocycles. The number of hydrogen-bond donors (Lipinski definition) is 1. The molecule has 0 aliphatic rings. The SMILES string of the molecule is CC(C)(C#N)CCNc1cccc(F)c1. The largest absolute Gasteiger partial charge is 0.385 e. The molecule has 0 atom stereocenters.